The summed E-state index contributed by atoms with van der Waals surface area (Å²) in [7, 11) is 0. The number of imidazole rings is 2. The lowest BCUT2D eigenvalue weighted by Crippen LogP contribution is -2.29. The number of amides is 1. The first-order valence-electron chi connectivity index (χ1n) is 28.2. The van der Waals surface area contributed by atoms with Crippen LogP contribution in [0.4, 0.5) is 38.2 Å². The van der Waals surface area contributed by atoms with Gasteiger partial charge in [0.2, 0.25) is 11.9 Å². The minimum Gasteiger partial charge on any atom is -0.478 e. The van der Waals surface area contributed by atoms with E-state index in [0.717, 1.165) is 110 Å². The van der Waals surface area contributed by atoms with Crippen molar-refractivity contribution in [3.05, 3.63) is 118 Å². The Balaban J connectivity index is 0.000000181. The molecule has 15 nitrogen and oxygen atoms in total. The molecule has 2 aliphatic heterocycles. The molecular weight excluding hydrogens is 1060 g/mol. The number of nitrogens with two attached hydrogens (primary N) is 1. The first-order chi connectivity index (χ1) is 38.8. The number of carbonyl (C=O) groups is 4. The van der Waals surface area contributed by atoms with Crippen LogP contribution in [0.3, 0.4) is 0 Å². The van der Waals surface area contributed by atoms with Gasteiger partial charge in [0.1, 0.15) is 0 Å². The number of hydrogen-bond acceptors (Lipinski definition) is 11. The number of nitrogen functional groups attached to an aromatic ring is 1. The molecule has 0 radical (unpaired) electrons. The van der Waals surface area contributed by atoms with Crippen LogP contribution < -0.4 is 11.1 Å². The average molecular weight is 1130 g/mol. The molecule has 2 aliphatic carbocycles. The third kappa shape index (κ3) is 15.7. The second-order valence-electron chi connectivity index (χ2n) is 21.4. The highest BCUT2D eigenvalue weighted by Crippen LogP contribution is 2.40. The molecule has 81 heavy (non-hydrogen) atoms. The number of carboxylic acid groups (broad SMARTS) is 1. The number of anilines is 2. The molecule has 0 unspecified atom stereocenters. The van der Waals surface area contributed by atoms with Gasteiger partial charge >= 0.3 is 30.3 Å². The SMILES string of the molecule is CCOC(=O)C1CCC(n2c(N)nc3cc(CN4CCCCC4)ccc32)CC1.CCOC(=O)C1CCC(n2c(NC(=O)c3cccc(C(F)(F)F)c3)nc3cc(CN4CCCCC4)ccc32)CC1.O=C(O)c1cccc(C(F)(F)F)c1. The normalized spacial score (nSPS) is 20.1. The van der Waals surface area contributed by atoms with Gasteiger partial charge in [-0.15, -0.1) is 0 Å². The van der Waals surface area contributed by atoms with Gasteiger partial charge in [-0.2, -0.15) is 26.3 Å². The molecule has 4 N–H and O–H groups in total. The smallest absolute Gasteiger partial charge is 0.416 e. The third-order valence-electron chi connectivity index (χ3n) is 15.7. The molecular formula is C60H72F6N8O7. The number of carboxylic acids is 1. The van der Waals surface area contributed by atoms with E-state index in [2.05, 4.69) is 48.9 Å². The van der Waals surface area contributed by atoms with Crippen LogP contribution >= 0.6 is 0 Å². The molecule has 4 fully saturated rings. The molecule has 0 bridgehead atoms. The fourth-order valence-electron chi connectivity index (χ4n) is 11.6. The molecule has 4 aliphatic rings. The lowest BCUT2D eigenvalue weighted by molar-refractivity contribution is -0.150. The Bertz CT molecular complexity index is 3110. The van der Waals surface area contributed by atoms with Crippen LogP contribution in [-0.4, -0.2) is 97.2 Å². The monoisotopic (exact) mass is 1130 g/mol. The Morgan fingerprint density at radius 2 is 1.01 bits per heavy atom. The number of nitrogens with one attached hydrogen (secondary N) is 1. The number of aromatic carboxylic acids is 1. The van der Waals surface area contributed by atoms with E-state index < -0.39 is 35.4 Å². The second kappa shape index (κ2) is 27.2. The van der Waals surface area contributed by atoms with E-state index in [1.807, 2.05) is 23.6 Å². The summed E-state index contributed by atoms with van der Waals surface area (Å²) in [5.41, 5.74) is 10.1. The number of likely N-dealkylation sites (tertiary alicyclic amines) is 2. The van der Waals surface area contributed by atoms with Crippen LogP contribution in [0, 0.1) is 11.8 Å². The van der Waals surface area contributed by atoms with Crippen LogP contribution in [0.2, 0.25) is 0 Å². The number of halogens is 6. The highest BCUT2D eigenvalue weighted by atomic mass is 19.4. The highest BCUT2D eigenvalue weighted by Gasteiger charge is 2.34. The predicted molar refractivity (Wildman–Crippen MR) is 295 cm³/mol. The molecule has 10 rings (SSSR count). The van der Waals surface area contributed by atoms with Crippen molar-refractivity contribution in [3.63, 3.8) is 0 Å². The maximum absolute atomic E-state index is 13.3. The largest absolute Gasteiger partial charge is 0.478 e. The van der Waals surface area contributed by atoms with Gasteiger partial charge in [0.15, 0.2) is 0 Å². The molecule has 436 valence electrons. The molecule has 0 spiro atoms. The number of rotatable bonds is 13. The van der Waals surface area contributed by atoms with Gasteiger partial charge in [0.05, 0.1) is 63.8 Å². The number of esters is 2. The summed E-state index contributed by atoms with van der Waals surface area (Å²) in [6.45, 7) is 10.8. The first-order valence-corrected chi connectivity index (χ1v) is 28.2. The van der Waals surface area contributed by atoms with Crippen LogP contribution in [0.5, 0.6) is 0 Å². The van der Waals surface area contributed by atoms with Gasteiger partial charge in [-0.3, -0.25) is 29.5 Å². The van der Waals surface area contributed by atoms with Crippen molar-refractivity contribution in [2.75, 3.05) is 50.4 Å². The van der Waals surface area contributed by atoms with Crippen molar-refractivity contribution in [2.45, 2.75) is 141 Å². The molecule has 0 atom stereocenters. The number of benzene rings is 4. The summed E-state index contributed by atoms with van der Waals surface area (Å²) in [6, 6.07) is 21.0. The standard InChI is InChI=1S/C30H35F3N4O3.C22H32N4O2.C8H5F3O2/c1-2-40-28(39)21-10-12-24(13-11-21)37-26-14-9-20(19-36-15-4-3-5-16-36)17-25(26)34-29(37)35-27(38)22-7-6-8-23(18-22)30(31,32)33;1-2-28-21(27)17-7-9-18(10-8-17)26-20-11-6-16(14-19(20)24-22(26)23)15-25-12-4-3-5-13-25;9-8(10,11)6-3-1-2-5(4-6)7(12)13/h6-9,14,17-18,21,24H,2-5,10-13,15-16,19H2,1H3,(H,34,35,38);6,11,14,17-18H,2-5,7-10,12-13,15H2,1H3,(H2,23,24);1-4H,(H,12,13). The zero-order valence-corrected chi connectivity index (χ0v) is 45.9. The van der Waals surface area contributed by atoms with Gasteiger partial charge < -0.3 is 29.4 Å². The van der Waals surface area contributed by atoms with Gasteiger partial charge in [-0.25, -0.2) is 14.8 Å². The number of hydrogen-bond donors (Lipinski definition) is 3. The maximum atomic E-state index is 13.3. The Kier molecular flexibility index (Phi) is 20.2. The van der Waals surface area contributed by atoms with E-state index in [4.69, 9.17) is 25.3 Å². The summed E-state index contributed by atoms with van der Waals surface area (Å²) in [4.78, 5) is 62.1. The molecule has 1 amide bonds. The van der Waals surface area contributed by atoms with Crippen molar-refractivity contribution < 1.29 is 60.1 Å². The molecule has 4 heterocycles. The zero-order valence-electron chi connectivity index (χ0n) is 45.9. The topological polar surface area (TPSA) is 187 Å². The summed E-state index contributed by atoms with van der Waals surface area (Å²) >= 11 is 0. The molecule has 6 aromatic rings. The van der Waals surface area contributed by atoms with Crippen LogP contribution in [-0.2, 0) is 44.5 Å². The van der Waals surface area contributed by atoms with Crippen molar-refractivity contribution in [3.8, 4) is 0 Å². The fourth-order valence-corrected chi connectivity index (χ4v) is 11.6. The number of carbonyl (C=O) groups excluding carboxylic acids is 3. The van der Waals surface area contributed by atoms with Crippen LogP contribution in [0.15, 0.2) is 84.9 Å². The Hall–Kier alpha value is -7.00. The minimum atomic E-state index is -4.55. The number of piperidine rings is 2. The zero-order chi connectivity index (χ0) is 57.8. The van der Waals surface area contributed by atoms with E-state index in [1.165, 1.54) is 69.3 Å². The van der Waals surface area contributed by atoms with Crippen molar-refractivity contribution >= 4 is 57.8 Å². The van der Waals surface area contributed by atoms with Gasteiger partial charge in [0.25, 0.3) is 5.91 Å². The molecule has 2 aromatic heterocycles. The fraction of sp³-hybridized carbons (Fsp3) is 0.500. The van der Waals surface area contributed by atoms with Crippen molar-refractivity contribution in [2.24, 2.45) is 11.8 Å². The van der Waals surface area contributed by atoms with E-state index in [1.54, 1.807) is 6.92 Å². The van der Waals surface area contributed by atoms with Gasteiger partial charge in [-0.05, 0) is 189 Å². The summed E-state index contributed by atoms with van der Waals surface area (Å²) in [6.07, 6.45) is 4.83. The number of fused-ring (bicyclic) bond motifs is 2. The number of alkyl halides is 6. The summed E-state index contributed by atoms with van der Waals surface area (Å²) in [5.74, 6) is -1.50. The van der Waals surface area contributed by atoms with Gasteiger partial charge in [0, 0.05) is 30.7 Å². The van der Waals surface area contributed by atoms with Crippen molar-refractivity contribution in [1.29, 1.82) is 0 Å². The Morgan fingerprint density at radius 1 is 0.580 bits per heavy atom. The van der Waals surface area contributed by atoms with Gasteiger partial charge in [-0.1, -0.05) is 37.1 Å². The average Bonchev–Trinajstić information content (AvgIpc) is 4.02. The predicted octanol–water partition coefficient (Wildman–Crippen LogP) is 12.9. The lowest BCUT2D eigenvalue weighted by Gasteiger charge is -2.29. The maximum Gasteiger partial charge on any atom is 0.416 e. The first kappa shape index (κ1) is 60.1. The molecule has 21 heteroatoms. The van der Waals surface area contributed by atoms with Crippen molar-refractivity contribution in [1.82, 2.24) is 28.9 Å². The Morgan fingerprint density at radius 3 is 1.47 bits per heavy atom. The highest BCUT2D eigenvalue weighted by molar-refractivity contribution is 6.04. The summed E-state index contributed by atoms with van der Waals surface area (Å²) < 4.78 is 90.5. The second-order valence-corrected chi connectivity index (χ2v) is 21.4. The van der Waals surface area contributed by atoms with E-state index in [-0.39, 0.29) is 40.9 Å². The van der Waals surface area contributed by atoms with Crippen LogP contribution in [0.1, 0.15) is 159 Å². The molecule has 2 saturated carbocycles. The lowest BCUT2D eigenvalue weighted by atomic mass is 9.86. The quantitative estimate of drug-likeness (QED) is 0.0735. The number of ether oxygens (including phenoxy) is 2. The van der Waals surface area contributed by atoms with E-state index in [0.29, 0.717) is 62.9 Å². The number of nitrogens with zero attached hydrogens (tertiary/aromatic N) is 6. The molecule has 2 saturated heterocycles. The summed E-state index contributed by atoms with van der Waals surface area (Å²) in [5, 5.41) is 11.2. The molecule has 4 aromatic carbocycles. The number of aromatic nitrogens is 4. The Labute approximate surface area is 467 Å². The van der Waals surface area contributed by atoms with Crippen LogP contribution in [0.25, 0.3) is 22.1 Å². The minimum absolute atomic E-state index is 0.0274. The van der Waals surface area contributed by atoms with E-state index >= 15 is 0 Å². The third-order valence-corrected chi connectivity index (χ3v) is 15.7. The van der Waals surface area contributed by atoms with E-state index in [9.17, 15) is 45.5 Å².